The van der Waals surface area contributed by atoms with E-state index in [2.05, 4.69) is 4.98 Å². The van der Waals surface area contributed by atoms with Crippen LogP contribution in [0.15, 0.2) is 47.4 Å². The van der Waals surface area contributed by atoms with E-state index in [1.807, 2.05) is 43.3 Å². The van der Waals surface area contributed by atoms with Crippen molar-refractivity contribution in [2.45, 2.75) is 32.4 Å². The van der Waals surface area contributed by atoms with Crippen molar-refractivity contribution in [3.63, 3.8) is 0 Å². The molecule has 1 saturated heterocycles. The minimum atomic E-state index is -0.120. The lowest BCUT2D eigenvalue weighted by atomic mass is 10.1. The van der Waals surface area contributed by atoms with Crippen molar-refractivity contribution in [1.29, 1.82) is 0 Å². The fourth-order valence-corrected chi connectivity index (χ4v) is 4.17. The highest BCUT2D eigenvalue weighted by atomic mass is 16.5. The number of pyridine rings is 1. The predicted molar refractivity (Wildman–Crippen MR) is 117 cm³/mol. The van der Waals surface area contributed by atoms with Crippen LogP contribution in [-0.2, 0) is 16.1 Å². The van der Waals surface area contributed by atoms with E-state index in [0.717, 1.165) is 23.9 Å². The maximum Gasteiger partial charge on any atom is 0.330 e. The van der Waals surface area contributed by atoms with Gasteiger partial charge in [0, 0.05) is 26.4 Å². The summed E-state index contributed by atoms with van der Waals surface area (Å²) in [5.41, 5.74) is 2.41. The van der Waals surface area contributed by atoms with Crippen molar-refractivity contribution in [1.82, 2.24) is 19.0 Å². The van der Waals surface area contributed by atoms with Gasteiger partial charge in [0.15, 0.2) is 12.3 Å². The summed E-state index contributed by atoms with van der Waals surface area (Å²) in [4.78, 5) is 32.3. The molecule has 2 aromatic heterocycles. The van der Waals surface area contributed by atoms with Crippen molar-refractivity contribution in [3.8, 4) is 5.75 Å². The number of nitrogens with zero attached hydrogens (tertiary/aromatic N) is 4. The van der Waals surface area contributed by atoms with Gasteiger partial charge in [-0.3, -0.25) is 13.9 Å². The van der Waals surface area contributed by atoms with Gasteiger partial charge >= 0.3 is 5.69 Å². The second kappa shape index (κ2) is 9.34. The van der Waals surface area contributed by atoms with Gasteiger partial charge in [-0.25, -0.2) is 9.78 Å². The molecule has 8 heteroatoms. The molecule has 31 heavy (non-hydrogen) atoms. The Balaban J connectivity index is 1.52. The maximum atomic E-state index is 13.2. The van der Waals surface area contributed by atoms with Crippen LogP contribution >= 0.6 is 0 Å². The number of aromatic nitrogens is 3. The van der Waals surface area contributed by atoms with Gasteiger partial charge in [0.05, 0.1) is 24.7 Å². The molecule has 0 N–H and O–H groups in total. The highest BCUT2D eigenvalue weighted by Crippen LogP contribution is 2.24. The van der Waals surface area contributed by atoms with E-state index in [0.29, 0.717) is 37.6 Å². The standard InChI is InChI=1S/C23H28N4O4/c1-17-6-3-8-19(14-17)31-16-21(28)25-11-5-7-18(15-25)27-22-20(9-4-10-24-22)26(23(27)29)12-13-30-2/h3-4,6,8-10,14,18H,5,7,11-13,15-16H2,1-2H3/t18-/m0/s1. The van der Waals surface area contributed by atoms with Gasteiger partial charge in [0.25, 0.3) is 5.91 Å². The molecule has 3 aromatic rings. The minimum absolute atomic E-state index is 0.0150. The number of piperidine rings is 1. The topological polar surface area (TPSA) is 78.6 Å². The van der Waals surface area contributed by atoms with Gasteiger partial charge in [-0.15, -0.1) is 0 Å². The van der Waals surface area contributed by atoms with Gasteiger partial charge in [0.1, 0.15) is 5.75 Å². The van der Waals surface area contributed by atoms with E-state index < -0.39 is 0 Å². The Morgan fingerprint density at radius 2 is 2.13 bits per heavy atom. The van der Waals surface area contributed by atoms with Crippen molar-refractivity contribution < 1.29 is 14.3 Å². The molecule has 0 aliphatic carbocycles. The van der Waals surface area contributed by atoms with Crippen LogP contribution in [0.5, 0.6) is 5.75 Å². The molecule has 1 fully saturated rings. The molecule has 4 rings (SSSR count). The third-order valence-corrected chi connectivity index (χ3v) is 5.71. The van der Waals surface area contributed by atoms with Gasteiger partial charge < -0.3 is 14.4 Å². The molecule has 1 aliphatic heterocycles. The summed E-state index contributed by atoms with van der Waals surface area (Å²) in [5.74, 6) is 0.610. The van der Waals surface area contributed by atoms with Gasteiger partial charge in [-0.1, -0.05) is 12.1 Å². The van der Waals surface area contributed by atoms with Crippen LogP contribution in [0.25, 0.3) is 11.2 Å². The number of likely N-dealkylation sites (tertiary alicyclic amines) is 1. The van der Waals surface area contributed by atoms with Crippen molar-refractivity contribution in [3.05, 3.63) is 58.6 Å². The average molecular weight is 425 g/mol. The molecule has 1 atom stereocenters. The molecular formula is C23H28N4O4. The molecular weight excluding hydrogens is 396 g/mol. The Kier molecular flexibility index (Phi) is 6.36. The zero-order chi connectivity index (χ0) is 21.8. The molecule has 1 aliphatic rings. The fraction of sp³-hybridized carbons (Fsp3) is 0.435. The predicted octanol–water partition coefficient (Wildman–Crippen LogP) is 2.40. The number of aryl methyl sites for hydroxylation is 1. The van der Waals surface area contributed by atoms with E-state index in [9.17, 15) is 9.59 Å². The quantitative estimate of drug-likeness (QED) is 0.582. The molecule has 3 heterocycles. The van der Waals surface area contributed by atoms with Gasteiger partial charge in [0.2, 0.25) is 0 Å². The first kappa shape index (κ1) is 21.1. The van der Waals surface area contributed by atoms with E-state index >= 15 is 0 Å². The van der Waals surface area contributed by atoms with Gasteiger partial charge in [-0.2, -0.15) is 0 Å². The molecule has 0 spiro atoms. The first-order chi connectivity index (χ1) is 15.1. The van der Waals surface area contributed by atoms with E-state index in [1.54, 1.807) is 27.3 Å². The molecule has 8 nitrogen and oxygen atoms in total. The molecule has 0 radical (unpaired) electrons. The Hall–Kier alpha value is -3.13. The highest BCUT2D eigenvalue weighted by Gasteiger charge is 2.28. The number of benzene rings is 1. The summed E-state index contributed by atoms with van der Waals surface area (Å²) in [6.07, 6.45) is 3.34. The second-order valence-electron chi connectivity index (χ2n) is 7.88. The third kappa shape index (κ3) is 4.49. The number of carbonyl (C=O) groups is 1. The van der Waals surface area contributed by atoms with E-state index in [1.165, 1.54) is 0 Å². The van der Waals surface area contributed by atoms with Crippen LogP contribution in [0.3, 0.4) is 0 Å². The summed E-state index contributed by atoms with van der Waals surface area (Å²) in [6, 6.07) is 11.3. The average Bonchev–Trinajstić information content (AvgIpc) is 3.07. The number of methoxy groups -OCH3 is 1. The molecule has 1 amide bonds. The molecule has 0 unspecified atom stereocenters. The third-order valence-electron chi connectivity index (χ3n) is 5.71. The molecule has 164 valence electrons. The first-order valence-electron chi connectivity index (χ1n) is 10.6. The first-order valence-corrected chi connectivity index (χ1v) is 10.6. The lowest BCUT2D eigenvalue weighted by Crippen LogP contribution is -2.44. The zero-order valence-electron chi connectivity index (χ0n) is 18.0. The smallest absolute Gasteiger partial charge is 0.330 e. The highest BCUT2D eigenvalue weighted by molar-refractivity contribution is 5.78. The zero-order valence-corrected chi connectivity index (χ0v) is 18.0. The summed E-state index contributed by atoms with van der Waals surface area (Å²) in [7, 11) is 1.62. The number of imidazole rings is 1. The number of hydrogen-bond donors (Lipinski definition) is 0. The summed E-state index contributed by atoms with van der Waals surface area (Å²) in [5, 5.41) is 0. The van der Waals surface area contributed by atoms with Crippen LogP contribution < -0.4 is 10.4 Å². The molecule has 0 saturated carbocycles. The normalized spacial score (nSPS) is 16.6. The summed E-state index contributed by atoms with van der Waals surface area (Å²) < 4.78 is 14.3. The fourth-order valence-electron chi connectivity index (χ4n) is 4.17. The van der Waals surface area contributed by atoms with Crippen molar-refractivity contribution >= 4 is 17.1 Å². The Bertz CT molecular complexity index is 1120. The van der Waals surface area contributed by atoms with Gasteiger partial charge in [-0.05, 0) is 49.6 Å². The summed E-state index contributed by atoms with van der Waals surface area (Å²) in [6.45, 7) is 4.01. The SMILES string of the molecule is COCCn1c(=O)n([C@H]2CCCN(C(=O)COc3cccc(C)c3)C2)c2ncccc21. The number of carbonyl (C=O) groups excluding carboxylic acids is 1. The Morgan fingerprint density at radius 3 is 2.94 bits per heavy atom. The van der Waals surface area contributed by atoms with Crippen LogP contribution in [-0.4, -0.2) is 58.3 Å². The second-order valence-corrected chi connectivity index (χ2v) is 7.88. The maximum absolute atomic E-state index is 13.2. The number of amides is 1. The number of fused-ring (bicyclic) bond motifs is 1. The van der Waals surface area contributed by atoms with Crippen LogP contribution in [0.4, 0.5) is 0 Å². The van der Waals surface area contributed by atoms with Crippen LogP contribution in [0, 0.1) is 6.92 Å². The summed E-state index contributed by atoms with van der Waals surface area (Å²) >= 11 is 0. The lowest BCUT2D eigenvalue weighted by Gasteiger charge is -2.33. The van der Waals surface area contributed by atoms with Crippen molar-refractivity contribution in [2.24, 2.45) is 0 Å². The van der Waals surface area contributed by atoms with Crippen LogP contribution in [0.2, 0.25) is 0 Å². The minimum Gasteiger partial charge on any atom is -0.484 e. The number of ether oxygens (including phenoxy) is 2. The monoisotopic (exact) mass is 424 g/mol. The van der Waals surface area contributed by atoms with Crippen LogP contribution in [0.1, 0.15) is 24.4 Å². The molecule has 1 aromatic carbocycles. The Labute approximate surface area is 181 Å². The van der Waals surface area contributed by atoms with E-state index in [-0.39, 0.29) is 24.2 Å². The lowest BCUT2D eigenvalue weighted by molar-refractivity contribution is -0.135. The largest absolute Gasteiger partial charge is 0.484 e. The number of hydrogen-bond acceptors (Lipinski definition) is 5. The van der Waals surface area contributed by atoms with E-state index in [4.69, 9.17) is 9.47 Å². The number of rotatable bonds is 7. The Morgan fingerprint density at radius 1 is 1.26 bits per heavy atom. The van der Waals surface area contributed by atoms with Crippen molar-refractivity contribution in [2.75, 3.05) is 33.4 Å². The molecule has 0 bridgehead atoms.